The molecule has 0 unspecified atom stereocenters. The van der Waals surface area contributed by atoms with Crippen LogP contribution in [0.25, 0.3) is 0 Å². The second kappa shape index (κ2) is 11.1. The van der Waals surface area contributed by atoms with Gasteiger partial charge in [0.05, 0.1) is 11.4 Å². The maximum atomic E-state index is 13.1. The van der Waals surface area contributed by atoms with Gasteiger partial charge in [0.1, 0.15) is 17.2 Å². The van der Waals surface area contributed by atoms with Crippen LogP contribution in [0.3, 0.4) is 0 Å². The smallest absolute Gasteiger partial charge is 0.386 e. The van der Waals surface area contributed by atoms with E-state index in [1.54, 1.807) is 72.8 Å². The zero-order valence-corrected chi connectivity index (χ0v) is 16.8. The molecule has 3 aromatic rings. The number of rotatable bonds is 6. The molecule has 0 aliphatic rings. The minimum absolute atomic E-state index is 0.405. The van der Waals surface area contributed by atoms with Crippen LogP contribution in [0, 0.1) is 11.3 Å². The summed E-state index contributed by atoms with van der Waals surface area (Å²) in [5, 5.41) is 8.02. The Kier molecular flexibility index (Phi) is 8.44. The van der Waals surface area contributed by atoms with Crippen LogP contribution in [-0.4, -0.2) is 5.33 Å². The van der Waals surface area contributed by atoms with E-state index in [4.69, 9.17) is 18.8 Å². The van der Waals surface area contributed by atoms with Gasteiger partial charge in [-0.25, -0.2) is 0 Å². The molecule has 0 bridgehead atoms. The number of phosphoric acid groups is 1. The fourth-order valence-corrected chi connectivity index (χ4v) is 3.14. The highest BCUT2D eigenvalue weighted by molar-refractivity contribution is 9.09. The van der Waals surface area contributed by atoms with E-state index in [0.29, 0.717) is 22.6 Å². The van der Waals surface area contributed by atoms with Gasteiger partial charge in [-0.3, -0.25) is 0 Å². The third-order valence-electron chi connectivity index (χ3n) is 2.94. The van der Waals surface area contributed by atoms with Crippen molar-refractivity contribution in [2.75, 3.05) is 5.33 Å². The Labute approximate surface area is 166 Å². The molecule has 0 aliphatic heterocycles. The van der Waals surface area contributed by atoms with Crippen LogP contribution in [-0.2, 0) is 4.57 Å². The van der Waals surface area contributed by atoms with Gasteiger partial charge in [-0.05, 0) is 36.4 Å². The molecule has 0 atom stereocenters. The lowest BCUT2D eigenvalue weighted by Gasteiger charge is -2.19. The monoisotopic (exact) mass is 445 g/mol. The standard InChI is InChI=1S/C18H15O4P.C2H2BrN/c19-23(20-16-10-4-1-5-11-16,21-17-12-6-2-7-13-17)22-18-14-8-3-9-15-18;3-1-2-4/h1-15H;1H2. The van der Waals surface area contributed by atoms with E-state index < -0.39 is 7.82 Å². The van der Waals surface area contributed by atoms with Crippen molar-refractivity contribution in [3.05, 3.63) is 91.0 Å². The highest BCUT2D eigenvalue weighted by atomic mass is 79.9. The van der Waals surface area contributed by atoms with Crippen LogP contribution >= 0.6 is 23.8 Å². The average Bonchev–Trinajstić information content (AvgIpc) is 2.70. The van der Waals surface area contributed by atoms with Gasteiger partial charge >= 0.3 is 7.82 Å². The summed E-state index contributed by atoms with van der Waals surface area (Å²) < 4.78 is 29.6. The molecule has 0 aliphatic carbocycles. The molecule has 0 saturated carbocycles. The molecule has 0 aromatic heterocycles. The first-order chi connectivity index (χ1) is 13.1. The lowest BCUT2D eigenvalue weighted by atomic mass is 10.3. The number of halogens is 1. The molecular weight excluding hydrogens is 429 g/mol. The molecule has 5 nitrogen and oxygen atoms in total. The highest BCUT2D eigenvalue weighted by Gasteiger charge is 2.33. The average molecular weight is 446 g/mol. The number of para-hydroxylation sites is 3. The number of hydrogen-bond acceptors (Lipinski definition) is 5. The Morgan fingerprint density at radius 1 is 0.704 bits per heavy atom. The number of nitriles is 1. The van der Waals surface area contributed by atoms with E-state index in [1.807, 2.05) is 24.3 Å². The van der Waals surface area contributed by atoms with Gasteiger partial charge in [0.15, 0.2) is 0 Å². The predicted molar refractivity (Wildman–Crippen MR) is 108 cm³/mol. The number of nitrogens with zero attached hydrogens (tertiary/aromatic N) is 1. The summed E-state index contributed by atoms with van der Waals surface area (Å²) in [4.78, 5) is 0. The zero-order valence-electron chi connectivity index (χ0n) is 14.3. The summed E-state index contributed by atoms with van der Waals surface area (Å²) in [6, 6.07) is 28.2. The van der Waals surface area contributed by atoms with Crippen LogP contribution in [0.2, 0.25) is 0 Å². The van der Waals surface area contributed by atoms with Crippen molar-refractivity contribution in [1.82, 2.24) is 0 Å². The summed E-state index contributed by atoms with van der Waals surface area (Å²) in [6.45, 7) is 0. The van der Waals surface area contributed by atoms with E-state index in [-0.39, 0.29) is 0 Å². The van der Waals surface area contributed by atoms with Crippen molar-refractivity contribution in [2.45, 2.75) is 0 Å². The molecule has 0 N–H and O–H groups in total. The van der Waals surface area contributed by atoms with Gasteiger partial charge < -0.3 is 13.6 Å². The molecule has 0 spiro atoms. The van der Waals surface area contributed by atoms with Gasteiger partial charge in [0.2, 0.25) is 0 Å². The normalized spacial score (nSPS) is 9.93. The molecule has 3 rings (SSSR count). The third kappa shape index (κ3) is 7.57. The van der Waals surface area contributed by atoms with Crippen LogP contribution in [0.15, 0.2) is 91.0 Å². The summed E-state index contributed by atoms with van der Waals surface area (Å²) in [5.41, 5.74) is 0. The summed E-state index contributed by atoms with van der Waals surface area (Å²) in [5.74, 6) is 1.22. The van der Waals surface area contributed by atoms with Crippen molar-refractivity contribution >= 4 is 23.8 Å². The Balaban J connectivity index is 0.000000596. The van der Waals surface area contributed by atoms with Gasteiger partial charge in [-0.2, -0.15) is 9.83 Å². The number of hydrogen-bond donors (Lipinski definition) is 0. The first-order valence-electron chi connectivity index (χ1n) is 7.92. The predicted octanol–water partition coefficient (Wildman–Crippen LogP) is 6.24. The summed E-state index contributed by atoms with van der Waals surface area (Å²) in [6.07, 6.45) is 0. The molecule has 0 saturated heterocycles. The number of phosphoric ester groups is 1. The van der Waals surface area contributed by atoms with E-state index in [0.717, 1.165) is 0 Å². The molecule has 3 aromatic carbocycles. The number of benzene rings is 3. The minimum Gasteiger partial charge on any atom is -0.386 e. The van der Waals surface area contributed by atoms with Crippen LogP contribution in [0.5, 0.6) is 17.2 Å². The fourth-order valence-electron chi connectivity index (χ4n) is 1.89. The maximum absolute atomic E-state index is 13.1. The van der Waals surface area contributed by atoms with Gasteiger partial charge in [-0.1, -0.05) is 70.5 Å². The second-order valence-corrected chi connectivity index (χ2v) is 6.95. The molecule has 27 heavy (non-hydrogen) atoms. The second-order valence-electron chi connectivity index (χ2n) is 4.95. The first-order valence-corrected chi connectivity index (χ1v) is 10.5. The SMILES string of the molecule is N#CCBr.O=P(Oc1ccccc1)(Oc1ccccc1)Oc1ccccc1. The highest BCUT2D eigenvalue weighted by Crippen LogP contribution is 2.49. The Morgan fingerprint density at radius 3 is 1.19 bits per heavy atom. The summed E-state index contributed by atoms with van der Waals surface area (Å²) >= 11 is 2.89. The topological polar surface area (TPSA) is 68.6 Å². The van der Waals surface area contributed by atoms with Crippen molar-refractivity contribution in [3.63, 3.8) is 0 Å². The third-order valence-corrected chi connectivity index (χ3v) is 4.50. The Bertz CT molecular complexity index is 778. The van der Waals surface area contributed by atoms with Crippen molar-refractivity contribution < 1.29 is 18.1 Å². The summed E-state index contributed by atoms with van der Waals surface area (Å²) in [7, 11) is -3.89. The van der Waals surface area contributed by atoms with Gasteiger partial charge in [0, 0.05) is 0 Å². The lowest BCUT2D eigenvalue weighted by molar-refractivity contribution is 0.298. The molecule has 0 amide bonds. The van der Waals surface area contributed by atoms with Crippen molar-refractivity contribution in [2.24, 2.45) is 0 Å². The zero-order chi connectivity index (χ0) is 19.4. The largest absolute Gasteiger partial charge is 0.647 e. The molecule has 0 fully saturated rings. The molecule has 138 valence electrons. The lowest BCUT2D eigenvalue weighted by Crippen LogP contribution is -2.07. The molecule has 7 heteroatoms. The van der Waals surface area contributed by atoms with E-state index in [9.17, 15) is 4.57 Å². The van der Waals surface area contributed by atoms with Crippen LogP contribution in [0.1, 0.15) is 0 Å². The molecule has 0 radical (unpaired) electrons. The first kappa shape index (κ1) is 20.6. The fraction of sp³-hybridized carbons (Fsp3) is 0.0500. The maximum Gasteiger partial charge on any atom is 0.647 e. The quantitative estimate of drug-likeness (QED) is 0.331. The van der Waals surface area contributed by atoms with E-state index in [1.165, 1.54) is 0 Å². The van der Waals surface area contributed by atoms with E-state index in [2.05, 4.69) is 15.9 Å². The minimum atomic E-state index is -3.89. The van der Waals surface area contributed by atoms with Gasteiger partial charge in [-0.15, -0.1) is 0 Å². The van der Waals surface area contributed by atoms with Gasteiger partial charge in [0.25, 0.3) is 0 Å². The Morgan fingerprint density at radius 2 is 0.963 bits per heavy atom. The number of alkyl halides is 1. The van der Waals surface area contributed by atoms with Crippen LogP contribution < -0.4 is 13.6 Å². The molecular formula is C20H17BrNO4P. The van der Waals surface area contributed by atoms with Crippen molar-refractivity contribution in [3.8, 4) is 23.3 Å². The van der Waals surface area contributed by atoms with Crippen LogP contribution in [0.4, 0.5) is 0 Å². The van der Waals surface area contributed by atoms with E-state index >= 15 is 0 Å². The van der Waals surface area contributed by atoms with Crippen molar-refractivity contribution in [1.29, 1.82) is 5.26 Å². The molecule has 0 heterocycles. The Hall–Kier alpha value is -2.74.